The van der Waals surface area contributed by atoms with Crippen molar-refractivity contribution in [2.45, 2.75) is 20.4 Å². The van der Waals surface area contributed by atoms with Gasteiger partial charge >= 0.3 is 11.9 Å². The monoisotopic (exact) mass is 425 g/mol. The van der Waals surface area contributed by atoms with Gasteiger partial charge in [0.25, 0.3) is 0 Å². The Hall–Kier alpha value is -3.96. The van der Waals surface area contributed by atoms with Gasteiger partial charge in [-0.3, -0.25) is 0 Å². The standard InChI is InChI=1S/C27H23NO4/c1-17-6-10-19(11-7-17)26(29)31-24-14-21-4-3-5-22(16-28)23(21)15-25(24)32-27(30)20-12-8-18(2)9-13-20/h3-15H,16,28H2,1-2H3. The fourth-order valence-electron chi connectivity index (χ4n) is 3.38. The van der Waals surface area contributed by atoms with Crippen LogP contribution in [0.1, 0.15) is 37.4 Å². The van der Waals surface area contributed by atoms with Crippen LogP contribution in [0.4, 0.5) is 0 Å². The van der Waals surface area contributed by atoms with Crippen molar-refractivity contribution in [2.75, 3.05) is 0 Å². The van der Waals surface area contributed by atoms with Crippen LogP contribution in [0.5, 0.6) is 11.5 Å². The first-order valence-corrected chi connectivity index (χ1v) is 10.3. The summed E-state index contributed by atoms with van der Waals surface area (Å²) in [5.41, 5.74) is 9.66. The van der Waals surface area contributed by atoms with Crippen molar-refractivity contribution in [1.82, 2.24) is 0 Å². The van der Waals surface area contributed by atoms with Gasteiger partial charge in [0.1, 0.15) is 0 Å². The average Bonchev–Trinajstić information content (AvgIpc) is 2.79. The van der Waals surface area contributed by atoms with E-state index in [2.05, 4.69) is 0 Å². The van der Waals surface area contributed by atoms with Gasteiger partial charge in [-0.05, 0) is 66.6 Å². The van der Waals surface area contributed by atoms with E-state index in [-0.39, 0.29) is 11.5 Å². The molecule has 5 nitrogen and oxygen atoms in total. The first-order chi connectivity index (χ1) is 15.4. The van der Waals surface area contributed by atoms with E-state index in [4.69, 9.17) is 15.2 Å². The number of carbonyl (C=O) groups is 2. The summed E-state index contributed by atoms with van der Waals surface area (Å²) in [6, 6.07) is 23.2. The van der Waals surface area contributed by atoms with E-state index in [1.54, 1.807) is 36.4 Å². The van der Waals surface area contributed by atoms with E-state index in [0.29, 0.717) is 17.7 Å². The molecular weight excluding hydrogens is 402 g/mol. The minimum Gasteiger partial charge on any atom is -0.419 e. The molecule has 0 fully saturated rings. The molecule has 0 unspecified atom stereocenters. The molecule has 0 saturated carbocycles. The Bertz CT molecular complexity index is 1290. The number of carbonyl (C=O) groups excluding carboxylic acids is 2. The van der Waals surface area contributed by atoms with Crippen LogP contribution in [-0.4, -0.2) is 11.9 Å². The lowest BCUT2D eigenvalue weighted by Gasteiger charge is -2.14. The topological polar surface area (TPSA) is 78.6 Å². The lowest BCUT2D eigenvalue weighted by atomic mass is 10.0. The molecule has 0 spiro atoms. The van der Waals surface area contributed by atoms with E-state index in [1.807, 2.05) is 56.3 Å². The molecule has 4 rings (SSSR count). The zero-order chi connectivity index (χ0) is 22.7. The molecular formula is C27H23NO4. The molecule has 2 N–H and O–H groups in total. The molecule has 4 aromatic rings. The Morgan fingerprint density at radius 3 is 1.72 bits per heavy atom. The SMILES string of the molecule is Cc1ccc(C(=O)Oc2cc3cccc(CN)c3cc2OC(=O)c2ccc(C)cc2)cc1. The number of hydrogen-bond donors (Lipinski definition) is 1. The van der Waals surface area contributed by atoms with Gasteiger partial charge in [0.2, 0.25) is 0 Å². The van der Waals surface area contributed by atoms with Gasteiger partial charge in [0, 0.05) is 6.54 Å². The Morgan fingerprint density at radius 1 is 0.719 bits per heavy atom. The van der Waals surface area contributed by atoms with Crippen molar-refractivity contribution in [3.63, 3.8) is 0 Å². The van der Waals surface area contributed by atoms with Crippen LogP contribution in [0.15, 0.2) is 78.9 Å². The molecule has 0 bridgehead atoms. The zero-order valence-corrected chi connectivity index (χ0v) is 17.9. The van der Waals surface area contributed by atoms with Crippen LogP contribution in [0.25, 0.3) is 10.8 Å². The third-order valence-electron chi connectivity index (χ3n) is 5.23. The molecule has 0 amide bonds. The maximum Gasteiger partial charge on any atom is 0.343 e. The molecule has 32 heavy (non-hydrogen) atoms. The van der Waals surface area contributed by atoms with E-state index in [9.17, 15) is 9.59 Å². The summed E-state index contributed by atoms with van der Waals surface area (Å²) >= 11 is 0. The molecule has 0 aromatic heterocycles. The summed E-state index contributed by atoms with van der Waals surface area (Å²) in [5.74, 6) is -0.753. The summed E-state index contributed by atoms with van der Waals surface area (Å²) in [5, 5.41) is 1.66. The number of aryl methyl sites for hydroxylation is 2. The minimum atomic E-state index is -0.540. The number of rotatable bonds is 5. The minimum absolute atomic E-state index is 0.157. The third-order valence-corrected chi connectivity index (χ3v) is 5.23. The van der Waals surface area contributed by atoms with Gasteiger partial charge in [-0.15, -0.1) is 0 Å². The highest BCUT2D eigenvalue weighted by molar-refractivity contribution is 5.96. The predicted octanol–water partition coefficient (Wildman–Crippen LogP) is 5.35. The molecule has 0 aliphatic carbocycles. The van der Waals surface area contributed by atoms with Gasteiger partial charge in [0.05, 0.1) is 11.1 Å². The summed E-state index contributed by atoms with van der Waals surface area (Å²) in [7, 11) is 0. The highest BCUT2D eigenvalue weighted by Crippen LogP contribution is 2.35. The molecule has 0 heterocycles. The number of ether oxygens (including phenoxy) is 2. The molecule has 0 atom stereocenters. The van der Waals surface area contributed by atoms with Crippen molar-refractivity contribution < 1.29 is 19.1 Å². The van der Waals surface area contributed by atoms with Crippen molar-refractivity contribution in [1.29, 1.82) is 0 Å². The van der Waals surface area contributed by atoms with E-state index in [1.165, 1.54) is 0 Å². The van der Waals surface area contributed by atoms with Crippen molar-refractivity contribution in [3.8, 4) is 11.5 Å². The Kier molecular flexibility index (Phi) is 6.01. The van der Waals surface area contributed by atoms with Crippen LogP contribution in [-0.2, 0) is 6.54 Å². The van der Waals surface area contributed by atoms with Gasteiger partial charge in [-0.2, -0.15) is 0 Å². The second kappa shape index (κ2) is 9.04. The number of benzene rings is 4. The van der Waals surface area contributed by atoms with Gasteiger partial charge in [-0.25, -0.2) is 9.59 Å². The molecule has 5 heteroatoms. The average molecular weight is 425 g/mol. The van der Waals surface area contributed by atoms with E-state index in [0.717, 1.165) is 27.5 Å². The Labute approximate surface area is 186 Å². The highest BCUT2D eigenvalue weighted by Gasteiger charge is 2.18. The largest absolute Gasteiger partial charge is 0.419 e. The van der Waals surface area contributed by atoms with Gasteiger partial charge < -0.3 is 15.2 Å². The maximum absolute atomic E-state index is 12.8. The molecule has 160 valence electrons. The predicted molar refractivity (Wildman–Crippen MR) is 124 cm³/mol. The Morgan fingerprint density at radius 2 is 1.22 bits per heavy atom. The maximum atomic E-state index is 12.8. The summed E-state index contributed by atoms with van der Waals surface area (Å²) < 4.78 is 11.3. The van der Waals surface area contributed by atoms with Crippen LogP contribution in [0.3, 0.4) is 0 Å². The highest BCUT2D eigenvalue weighted by atomic mass is 16.6. The van der Waals surface area contributed by atoms with Crippen molar-refractivity contribution in [2.24, 2.45) is 5.73 Å². The van der Waals surface area contributed by atoms with E-state index >= 15 is 0 Å². The zero-order valence-electron chi connectivity index (χ0n) is 17.9. The fraction of sp³-hybridized carbons (Fsp3) is 0.111. The van der Waals surface area contributed by atoms with Gasteiger partial charge in [0.15, 0.2) is 11.5 Å². The molecule has 0 radical (unpaired) electrons. The number of hydrogen-bond acceptors (Lipinski definition) is 5. The Balaban J connectivity index is 1.73. The number of esters is 2. The summed E-state index contributed by atoms with van der Waals surface area (Å²) in [6.45, 7) is 4.21. The van der Waals surface area contributed by atoms with Crippen LogP contribution >= 0.6 is 0 Å². The van der Waals surface area contributed by atoms with Crippen LogP contribution in [0.2, 0.25) is 0 Å². The quantitative estimate of drug-likeness (QED) is 0.344. The number of fused-ring (bicyclic) bond motifs is 1. The van der Waals surface area contributed by atoms with Crippen molar-refractivity contribution in [3.05, 3.63) is 107 Å². The third kappa shape index (κ3) is 4.53. The van der Waals surface area contributed by atoms with E-state index < -0.39 is 11.9 Å². The lowest BCUT2D eigenvalue weighted by Crippen LogP contribution is -2.13. The molecule has 0 aliphatic heterocycles. The van der Waals surface area contributed by atoms with Crippen molar-refractivity contribution >= 4 is 22.7 Å². The smallest absolute Gasteiger partial charge is 0.343 e. The molecule has 0 saturated heterocycles. The van der Waals surface area contributed by atoms with Crippen LogP contribution in [0, 0.1) is 13.8 Å². The van der Waals surface area contributed by atoms with Crippen LogP contribution < -0.4 is 15.2 Å². The first kappa shape index (κ1) is 21.3. The number of nitrogens with two attached hydrogens (primary N) is 1. The summed E-state index contributed by atoms with van der Waals surface area (Å²) in [4.78, 5) is 25.5. The second-order valence-electron chi connectivity index (χ2n) is 7.65. The molecule has 4 aromatic carbocycles. The fourth-order valence-corrected chi connectivity index (χ4v) is 3.38. The lowest BCUT2D eigenvalue weighted by molar-refractivity contribution is 0.0683. The summed E-state index contributed by atoms with van der Waals surface area (Å²) in [6.07, 6.45) is 0. The first-order valence-electron chi connectivity index (χ1n) is 10.3. The van der Waals surface area contributed by atoms with Gasteiger partial charge in [-0.1, -0.05) is 53.6 Å². The molecule has 0 aliphatic rings. The second-order valence-corrected chi connectivity index (χ2v) is 7.65. The normalized spacial score (nSPS) is 10.7.